The van der Waals surface area contributed by atoms with Crippen LogP contribution in [-0.4, -0.2) is 36.2 Å². The Hall–Kier alpha value is -1.68. The standard InChI is InChI=1S/C25H34N2O/c28-25(24-12-10-22(11-13-24)17-21-5-2-1-3-6-21)27-15-4-7-20(14-16-27)8-9-23-18-26-19-23/h1-3,5-6,10-13,20,23,25-26,28H,4,7-9,14-19H2. The second kappa shape index (κ2) is 9.69. The van der Waals surface area contributed by atoms with E-state index in [0.717, 1.165) is 36.9 Å². The summed E-state index contributed by atoms with van der Waals surface area (Å²) in [5.74, 6) is 1.75. The lowest BCUT2D eigenvalue weighted by Crippen LogP contribution is -2.42. The molecule has 0 amide bonds. The number of hydrogen-bond donors (Lipinski definition) is 2. The summed E-state index contributed by atoms with van der Waals surface area (Å²) in [6.07, 6.45) is 6.96. The van der Waals surface area contributed by atoms with E-state index in [4.69, 9.17) is 0 Å². The Morgan fingerprint density at radius 3 is 2.29 bits per heavy atom. The number of nitrogens with one attached hydrogen (secondary N) is 1. The van der Waals surface area contributed by atoms with Gasteiger partial charge in [-0.3, -0.25) is 4.90 Å². The third-order valence-corrected chi connectivity index (χ3v) is 6.61. The monoisotopic (exact) mass is 378 g/mol. The molecule has 2 fully saturated rings. The van der Waals surface area contributed by atoms with Crippen molar-refractivity contribution in [3.05, 3.63) is 71.3 Å². The van der Waals surface area contributed by atoms with Gasteiger partial charge in [-0.2, -0.15) is 0 Å². The van der Waals surface area contributed by atoms with E-state index in [9.17, 15) is 5.11 Å². The Morgan fingerprint density at radius 1 is 0.857 bits per heavy atom. The molecule has 2 saturated heterocycles. The van der Waals surface area contributed by atoms with Crippen LogP contribution in [0.3, 0.4) is 0 Å². The van der Waals surface area contributed by atoms with Crippen LogP contribution in [-0.2, 0) is 6.42 Å². The van der Waals surface area contributed by atoms with Crippen LogP contribution in [0, 0.1) is 11.8 Å². The average molecular weight is 379 g/mol. The molecule has 3 heteroatoms. The second-order valence-corrected chi connectivity index (χ2v) is 8.71. The van der Waals surface area contributed by atoms with Crippen LogP contribution < -0.4 is 5.32 Å². The van der Waals surface area contributed by atoms with Crippen LogP contribution in [0.15, 0.2) is 54.6 Å². The van der Waals surface area contributed by atoms with Crippen LogP contribution >= 0.6 is 0 Å². The zero-order valence-electron chi connectivity index (χ0n) is 16.9. The van der Waals surface area contributed by atoms with Gasteiger partial charge >= 0.3 is 0 Å². The minimum absolute atomic E-state index is 0.472. The summed E-state index contributed by atoms with van der Waals surface area (Å²) in [5, 5.41) is 14.3. The number of nitrogens with zero attached hydrogens (tertiary/aromatic N) is 1. The Kier molecular flexibility index (Phi) is 6.79. The van der Waals surface area contributed by atoms with E-state index in [1.165, 1.54) is 56.3 Å². The summed E-state index contributed by atoms with van der Waals surface area (Å²) in [6, 6.07) is 19.1. The molecule has 0 aromatic heterocycles. The first kappa shape index (κ1) is 19.6. The summed E-state index contributed by atoms with van der Waals surface area (Å²) in [5.41, 5.74) is 3.64. The molecule has 2 atom stereocenters. The fraction of sp³-hybridized carbons (Fsp3) is 0.520. The van der Waals surface area contributed by atoms with Gasteiger partial charge in [0.25, 0.3) is 0 Å². The first-order chi connectivity index (χ1) is 13.8. The molecule has 0 bridgehead atoms. The molecule has 3 nitrogen and oxygen atoms in total. The summed E-state index contributed by atoms with van der Waals surface area (Å²) in [4.78, 5) is 2.27. The quantitative estimate of drug-likeness (QED) is 0.751. The van der Waals surface area contributed by atoms with Crippen molar-refractivity contribution in [2.45, 2.75) is 44.8 Å². The highest BCUT2D eigenvalue weighted by Gasteiger charge is 2.24. The van der Waals surface area contributed by atoms with Crippen molar-refractivity contribution in [3.8, 4) is 0 Å². The summed E-state index contributed by atoms with van der Waals surface area (Å²) >= 11 is 0. The largest absolute Gasteiger partial charge is 0.374 e. The lowest BCUT2D eigenvalue weighted by Gasteiger charge is -2.29. The summed E-state index contributed by atoms with van der Waals surface area (Å²) in [6.45, 7) is 4.46. The minimum Gasteiger partial charge on any atom is -0.374 e. The van der Waals surface area contributed by atoms with Crippen molar-refractivity contribution in [3.63, 3.8) is 0 Å². The van der Waals surface area contributed by atoms with Crippen molar-refractivity contribution in [1.29, 1.82) is 0 Å². The Balaban J connectivity index is 1.29. The van der Waals surface area contributed by atoms with E-state index in [1.54, 1.807) is 0 Å². The van der Waals surface area contributed by atoms with Gasteiger partial charge in [0.1, 0.15) is 6.23 Å². The zero-order valence-corrected chi connectivity index (χ0v) is 16.9. The van der Waals surface area contributed by atoms with Crippen molar-refractivity contribution < 1.29 is 5.11 Å². The maximum atomic E-state index is 10.9. The molecule has 0 radical (unpaired) electrons. The van der Waals surface area contributed by atoms with Gasteiger partial charge in [0.05, 0.1) is 0 Å². The number of benzene rings is 2. The van der Waals surface area contributed by atoms with Crippen molar-refractivity contribution in [2.24, 2.45) is 11.8 Å². The zero-order chi connectivity index (χ0) is 19.2. The van der Waals surface area contributed by atoms with Crippen molar-refractivity contribution >= 4 is 0 Å². The molecule has 2 unspecified atom stereocenters. The third-order valence-electron chi connectivity index (χ3n) is 6.61. The van der Waals surface area contributed by atoms with E-state index in [-0.39, 0.29) is 0 Å². The molecule has 4 rings (SSSR count). The molecule has 0 aliphatic carbocycles. The normalized spacial score (nSPS) is 22.4. The fourth-order valence-corrected chi connectivity index (χ4v) is 4.59. The molecule has 2 N–H and O–H groups in total. The maximum Gasteiger partial charge on any atom is 0.133 e. The first-order valence-electron chi connectivity index (χ1n) is 11.0. The number of likely N-dealkylation sites (tertiary alicyclic amines) is 1. The van der Waals surface area contributed by atoms with E-state index < -0.39 is 6.23 Å². The van der Waals surface area contributed by atoms with Crippen LogP contribution in [0.2, 0.25) is 0 Å². The van der Waals surface area contributed by atoms with Gasteiger partial charge < -0.3 is 10.4 Å². The van der Waals surface area contributed by atoms with E-state index >= 15 is 0 Å². The minimum atomic E-state index is -0.472. The molecule has 28 heavy (non-hydrogen) atoms. The number of rotatable bonds is 7. The smallest absolute Gasteiger partial charge is 0.133 e. The predicted molar refractivity (Wildman–Crippen MR) is 115 cm³/mol. The van der Waals surface area contributed by atoms with E-state index in [1.807, 2.05) is 0 Å². The van der Waals surface area contributed by atoms with Crippen LogP contribution in [0.4, 0.5) is 0 Å². The highest BCUT2D eigenvalue weighted by molar-refractivity contribution is 5.29. The molecule has 2 aromatic carbocycles. The molecular weight excluding hydrogens is 344 g/mol. The lowest BCUT2D eigenvalue weighted by atomic mass is 9.88. The van der Waals surface area contributed by atoms with Gasteiger partial charge in [-0.1, -0.05) is 61.0 Å². The second-order valence-electron chi connectivity index (χ2n) is 8.71. The number of aliphatic hydroxyl groups excluding tert-OH is 1. The predicted octanol–water partition coefficient (Wildman–Crippen LogP) is 4.37. The van der Waals surface area contributed by atoms with Gasteiger partial charge in [0.15, 0.2) is 0 Å². The van der Waals surface area contributed by atoms with Crippen LogP contribution in [0.25, 0.3) is 0 Å². The molecule has 2 heterocycles. The fourth-order valence-electron chi connectivity index (χ4n) is 4.59. The third kappa shape index (κ3) is 5.22. The molecule has 0 saturated carbocycles. The maximum absolute atomic E-state index is 10.9. The molecular formula is C25H34N2O. The number of aliphatic hydroxyl groups is 1. The van der Waals surface area contributed by atoms with E-state index in [2.05, 4.69) is 64.8 Å². The summed E-state index contributed by atoms with van der Waals surface area (Å²) < 4.78 is 0. The Bertz CT molecular complexity index is 711. The SMILES string of the molecule is OC(c1ccc(Cc2ccccc2)cc1)N1CCCC(CCC2CNC2)CC1. The molecule has 150 valence electrons. The van der Waals surface area contributed by atoms with Crippen molar-refractivity contribution in [1.82, 2.24) is 10.2 Å². The highest BCUT2D eigenvalue weighted by Crippen LogP contribution is 2.28. The molecule has 2 aromatic rings. The molecule has 0 spiro atoms. The Morgan fingerprint density at radius 2 is 1.57 bits per heavy atom. The van der Waals surface area contributed by atoms with Crippen LogP contribution in [0.5, 0.6) is 0 Å². The molecule has 2 aliphatic heterocycles. The van der Waals surface area contributed by atoms with Crippen molar-refractivity contribution in [2.75, 3.05) is 26.2 Å². The van der Waals surface area contributed by atoms with Gasteiger partial charge in [-0.15, -0.1) is 0 Å². The highest BCUT2D eigenvalue weighted by atomic mass is 16.3. The number of hydrogen-bond acceptors (Lipinski definition) is 3. The lowest BCUT2D eigenvalue weighted by molar-refractivity contribution is 0.00332. The average Bonchev–Trinajstić information content (AvgIpc) is 2.93. The Labute approximate surface area is 169 Å². The van der Waals surface area contributed by atoms with E-state index in [0.29, 0.717) is 0 Å². The van der Waals surface area contributed by atoms with Gasteiger partial charge in [0, 0.05) is 13.1 Å². The first-order valence-corrected chi connectivity index (χ1v) is 11.0. The van der Waals surface area contributed by atoms with Gasteiger partial charge in [0.2, 0.25) is 0 Å². The molecule has 2 aliphatic rings. The van der Waals surface area contributed by atoms with Crippen LogP contribution in [0.1, 0.15) is 55.0 Å². The van der Waals surface area contributed by atoms with Gasteiger partial charge in [-0.25, -0.2) is 0 Å². The van der Waals surface area contributed by atoms with Gasteiger partial charge in [-0.05, 0) is 73.7 Å². The topological polar surface area (TPSA) is 35.5 Å². The summed E-state index contributed by atoms with van der Waals surface area (Å²) in [7, 11) is 0.